The van der Waals surface area contributed by atoms with Crippen LogP contribution in [0.2, 0.25) is 0 Å². The topological polar surface area (TPSA) is 23.8 Å². The molecule has 1 rings (SSSR count). The number of benzene rings is 1. The maximum atomic E-state index is 8.41. The van der Waals surface area contributed by atoms with Gasteiger partial charge in [0.15, 0.2) is 0 Å². The fourth-order valence-corrected chi connectivity index (χ4v) is 1.32. The van der Waals surface area contributed by atoms with Crippen molar-refractivity contribution in [2.24, 2.45) is 0 Å². The van der Waals surface area contributed by atoms with Crippen LogP contribution in [0.5, 0.6) is 0 Å². The molecule has 0 heterocycles. The zero-order chi connectivity index (χ0) is 8.10. The van der Waals surface area contributed by atoms with E-state index in [1.165, 1.54) is 17.3 Å². The Morgan fingerprint density at radius 2 is 2.00 bits per heavy atom. The first kappa shape index (κ1) is 8.16. The van der Waals surface area contributed by atoms with Crippen molar-refractivity contribution in [3.05, 3.63) is 35.9 Å². The van der Waals surface area contributed by atoms with Gasteiger partial charge in [0.25, 0.3) is 0 Å². The Morgan fingerprint density at radius 3 is 2.55 bits per heavy atom. The molecule has 2 heteroatoms. The highest BCUT2D eigenvalue weighted by Crippen LogP contribution is 2.26. The van der Waals surface area contributed by atoms with Gasteiger partial charge in [-0.25, -0.2) is 0 Å². The van der Waals surface area contributed by atoms with Gasteiger partial charge in [0.2, 0.25) is 0 Å². The Balaban J connectivity index is 2.70. The highest BCUT2D eigenvalue weighted by atomic mass is 32.2. The zero-order valence-corrected chi connectivity index (χ0v) is 7.14. The van der Waals surface area contributed by atoms with Crippen LogP contribution in [0.3, 0.4) is 0 Å². The van der Waals surface area contributed by atoms with E-state index in [9.17, 15) is 0 Å². The molecule has 0 bridgehead atoms. The lowest BCUT2D eigenvalue weighted by Gasteiger charge is -2.04. The fraction of sp³-hybridized carbons (Fsp3) is 0.222. The van der Waals surface area contributed by atoms with Crippen LogP contribution in [0.1, 0.15) is 17.7 Å². The van der Waals surface area contributed by atoms with Gasteiger partial charge in [0, 0.05) is 5.25 Å². The van der Waals surface area contributed by atoms with Crippen LogP contribution in [-0.2, 0) is 0 Å². The first-order chi connectivity index (χ1) is 5.34. The molecule has 0 radical (unpaired) electrons. The fourth-order valence-electron chi connectivity index (χ4n) is 0.871. The molecule has 0 aliphatic heterocycles. The normalized spacial score (nSPS) is 12.0. The third-order valence-corrected chi connectivity index (χ3v) is 2.23. The zero-order valence-electron chi connectivity index (χ0n) is 6.32. The van der Waals surface area contributed by atoms with Gasteiger partial charge in [-0.2, -0.15) is 5.26 Å². The summed E-state index contributed by atoms with van der Waals surface area (Å²) in [6.45, 7) is 2.03. The second-order valence-corrected chi connectivity index (χ2v) is 3.39. The van der Waals surface area contributed by atoms with Gasteiger partial charge >= 0.3 is 0 Å². The van der Waals surface area contributed by atoms with Gasteiger partial charge in [-0.1, -0.05) is 30.3 Å². The SMILES string of the molecule is CC(SC#N)c1ccccc1. The predicted octanol–water partition coefficient (Wildman–Crippen LogP) is 2.96. The molecular formula is C9H9NS. The summed E-state index contributed by atoms with van der Waals surface area (Å²) in [6.07, 6.45) is 0. The average Bonchev–Trinajstić information content (AvgIpc) is 2.07. The molecule has 56 valence electrons. The van der Waals surface area contributed by atoms with E-state index in [4.69, 9.17) is 5.26 Å². The lowest BCUT2D eigenvalue weighted by atomic mass is 10.2. The number of rotatable bonds is 2. The van der Waals surface area contributed by atoms with Gasteiger partial charge in [0.05, 0.1) is 0 Å². The molecular weight excluding hydrogens is 154 g/mol. The monoisotopic (exact) mass is 163 g/mol. The summed E-state index contributed by atoms with van der Waals surface area (Å²) in [5.74, 6) is 0. The average molecular weight is 163 g/mol. The van der Waals surface area contributed by atoms with Crippen molar-refractivity contribution in [1.82, 2.24) is 0 Å². The molecule has 0 aliphatic carbocycles. The Labute approximate surface area is 71.0 Å². The van der Waals surface area contributed by atoms with Crippen molar-refractivity contribution in [3.8, 4) is 5.40 Å². The van der Waals surface area contributed by atoms with Crippen LogP contribution in [0.4, 0.5) is 0 Å². The standard InChI is InChI=1S/C9H9NS/c1-8(11-7-10)9-5-3-2-4-6-9/h2-6,8H,1H3. The molecule has 0 aliphatic rings. The molecule has 1 nitrogen and oxygen atoms in total. The molecule has 0 amide bonds. The Bertz CT molecular complexity index is 250. The summed E-state index contributed by atoms with van der Waals surface area (Å²) in [4.78, 5) is 0. The van der Waals surface area contributed by atoms with Crippen molar-refractivity contribution in [2.45, 2.75) is 12.2 Å². The Kier molecular flexibility index (Phi) is 3.00. The van der Waals surface area contributed by atoms with Crippen LogP contribution >= 0.6 is 11.8 Å². The van der Waals surface area contributed by atoms with Crippen molar-refractivity contribution in [1.29, 1.82) is 5.26 Å². The first-order valence-electron chi connectivity index (χ1n) is 3.44. The summed E-state index contributed by atoms with van der Waals surface area (Å²) in [5.41, 5.74) is 1.21. The van der Waals surface area contributed by atoms with Gasteiger partial charge in [-0.05, 0) is 24.2 Å². The maximum absolute atomic E-state index is 8.41. The van der Waals surface area contributed by atoms with E-state index < -0.39 is 0 Å². The molecule has 1 unspecified atom stereocenters. The number of hydrogen-bond donors (Lipinski definition) is 0. The highest BCUT2D eigenvalue weighted by molar-refractivity contribution is 8.03. The molecule has 1 aromatic carbocycles. The summed E-state index contributed by atoms with van der Waals surface area (Å²) < 4.78 is 0. The number of hydrogen-bond acceptors (Lipinski definition) is 2. The predicted molar refractivity (Wildman–Crippen MR) is 48.1 cm³/mol. The minimum atomic E-state index is 0.279. The second kappa shape index (κ2) is 4.05. The number of thiocyanates is 1. The smallest absolute Gasteiger partial charge is 0.133 e. The van der Waals surface area contributed by atoms with Gasteiger partial charge < -0.3 is 0 Å². The van der Waals surface area contributed by atoms with Crippen LogP contribution < -0.4 is 0 Å². The van der Waals surface area contributed by atoms with Crippen LogP contribution in [0, 0.1) is 10.7 Å². The molecule has 0 saturated carbocycles. The van der Waals surface area contributed by atoms with E-state index in [1.807, 2.05) is 37.3 Å². The van der Waals surface area contributed by atoms with E-state index in [0.29, 0.717) is 0 Å². The Morgan fingerprint density at radius 1 is 1.36 bits per heavy atom. The summed E-state index contributed by atoms with van der Waals surface area (Å²) in [6, 6.07) is 10.0. The molecule has 0 fully saturated rings. The quantitative estimate of drug-likeness (QED) is 0.626. The van der Waals surface area contributed by atoms with E-state index in [0.717, 1.165) is 0 Å². The van der Waals surface area contributed by atoms with E-state index in [-0.39, 0.29) is 5.25 Å². The number of thioether (sulfide) groups is 1. The van der Waals surface area contributed by atoms with Gasteiger partial charge in [-0.3, -0.25) is 0 Å². The largest absolute Gasteiger partial charge is 0.185 e. The lowest BCUT2D eigenvalue weighted by Crippen LogP contribution is -1.84. The second-order valence-electron chi connectivity index (χ2n) is 2.26. The van der Waals surface area contributed by atoms with E-state index >= 15 is 0 Å². The molecule has 0 saturated heterocycles. The molecule has 11 heavy (non-hydrogen) atoms. The molecule has 0 N–H and O–H groups in total. The lowest BCUT2D eigenvalue weighted by molar-refractivity contribution is 1.11. The number of nitrogens with zero attached hydrogens (tertiary/aromatic N) is 1. The van der Waals surface area contributed by atoms with Gasteiger partial charge in [0.1, 0.15) is 5.40 Å². The molecule has 1 aromatic rings. The minimum absolute atomic E-state index is 0.279. The summed E-state index contributed by atoms with van der Waals surface area (Å²) in [5, 5.41) is 10.8. The summed E-state index contributed by atoms with van der Waals surface area (Å²) >= 11 is 1.29. The third-order valence-electron chi connectivity index (χ3n) is 1.50. The molecule has 0 spiro atoms. The molecule has 1 atom stereocenters. The third kappa shape index (κ3) is 2.28. The summed E-state index contributed by atoms with van der Waals surface area (Å²) in [7, 11) is 0. The number of nitriles is 1. The van der Waals surface area contributed by atoms with Gasteiger partial charge in [-0.15, -0.1) is 0 Å². The Hall–Kier alpha value is -0.940. The van der Waals surface area contributed by atoms with Crippen molar-refractivity contribution >= 4 is 11.8 Å². The maximum Gasteiger partial charge on any atom is 0.133 e. The first-order valence-corrected chi connectivity index (χ1v) is 4.32. The van der Waals surface area contributed by atoms with Crippen LogP contribution in [0.15, 0.2) is 30.3 Å². The van der Waals surface area contributed by atoms with Crippen LogP contribution in [-0.4, -0.2) is 0 Å². The van der Waals surface area contributed by atoms with Crippen molar-refractivity contribution < 1.29 is 0 Å². The molecule has 0 aromatic heterocycles. The highest BCUT2D eigenvalue weighted by Gasteiger charge is 2.02. The van der Waals surface area contributed by atoms with Crippen molar-refractivity contribution in [3.63, 3.8) is 0 Å². The van der Waals surface area contributed by atoms with Crippen molar-refractivity contribution in [2.75, 3.05) is 0 Å². The van der Waals surface area contributed by atoms with E-state index in [1.54, 1.807) is 0 Å². The minimum Gasteiger partial charge on any atom is -0.185 e. The van der Waals surface area contributed by atoms with Crippen LogP contribution in [0.25, 0.3) is 0 Å². The van der Waals surface area contributed by atoms with E-state index in [2.05, 4.69) is 5.40 Å².